The summed E-state index contributed by atoms with van der Waals surface area (Å²) >= 11 is 4.61. The molecule has 2 aromatic rings. The number of nitrogen functional groups attached to an aromatic ring is 1. The topological polar surface area (TPSA) is 30.9 Å². The molecule has 0 bridgehead atoms. The maximum Gasteiger partial charge on any atom is 0.0719 e. The minimum Gasteiger partial charge on any atom is -0.399 e. The van der Waals surface area contributed by atoms with Crippen molar-refractivity contribution < 1.29 is 0 Å². The van der Waals surface area contributed by atoms with Crippen molar-refractivity contribution in [1.82, 2.24) is 4.57 Å². The highest BCUT2D eigenvalue weighted by Crippen LogP contribution is 2.26. The van der Waals surface area contributed by atoms with Crippen LogP contribution in [0, 0.1) is 7.14 Å². The first-order valence-electron chi connectivity index (χ1n) is 4.06. The molecule has 2 nitrogen and oxygen atoms in total. The van der Waals surface area contributed by atoms with Crippen molar-refractivity contribution in [2.75, 3.05) is 5.73 Å². The van der Waals surface area contributed by atoms with Crippen molar-refractivity contribution in [2.45, 2.75) is 0 Å². The molecule has 1 aromatic carbocycles. The molecule has 4 heteroatoms. The first-order chi connectivity index (χ1) is 6.68. The molecule has 0 aliphatic carbocycles. The summed E-state index contributed by atoms with van der Waals surface area (Å²) in [6.45, 7) is 0. The minimum absolute atomic E-state index is 0.815. The van der Waals surface area contributed by atoms with Crippen LogP contribution >= 0.6 is 45.2 Å². The van der Waals surface area contributed by atoms with Gasteiger partial charge in [-0.05, 0) is 69.4 Å². The molecule has 0 saturated carbocycles. The van der Waals surface area contributed by atoms with Crippen molar-refractivity contribution in [1.29, 1.82) is 0 Å². The van der Waals surface area contributed by atoms with Crippen molar-refractivity contribution >= 4 is 50.9 Å². The zero-order valence-electron chi connectivity index (χ0n) is 7.24. The van der Waals surface area contributed by atoms with E-state index in [1.54, 1.807) is 0 Å². The molecule has 0 unspecified atom stereocenters. The van der Waals surface area contributed by atoms with Gasteiger partial charge in [-0.1, -0.05) is 0 Å². The molecule has 0 saturated heterocycles. The first-order valence-corrected chi connectivity index (χ1v) is 6.22. The summed E-state index contributed by atoms with van der Waals surface area (Å²) in [7, 11) is 0. The van der Waals surface area contributed by atoms with E-state index in [9.17, 15) is 0 Å². The zero-order valence-corrected chi connectivity index (χ0v) is 11.6. The van der Waals surface area contributed by atoms with Gasteiger partial charge in [-0.25, -0.2) is 0 Å². The summed E-state index contributed by atoms with van der Waals surface area (Å²) in [5.74, 6) is 0. The molecule has 1 heterocycles. The van der Waals surface area contributed by atoms with Gasteiger partial charge < -0.3 is 10.3 Å². The van der Waals surface area contributed by atoms with Gasteiger partial charge in [0.15, 0.2) is 0 Å². The lowest BCUT2D eigenvalue weighted by Crippen LogP contribution is -1.99. The lowest BCUT2D eigenvalue weighted by Gasteiger charge is -2.09. The Bertz CT molecular complexity index is 426. The third-order valence-corrected chi connectivity index (χ3v) is 3.55. The van der Waals surface area contributed by atoms with Gasteiger partial charge in [-0.15, -0.1) is 0 Å². The SMILES string of the molecule is Nc1cc(I)c(-n2cccc2)c(I)c1. The second-order valence-corrected chi connectivity index (χ2v) is 5.25. The number of benzene rings is 1. The lowest BCUT2D eigenvalue weighted by molar-refractivity contribution is 1.06. The van der Waals surface area contributed by atoms with E-state index in [1.807, 2.05) is 36.7 Å². The molecule has 0 atom stereocenters. The van der Waals surface area contributed by atoms with Crippen molar-refractivity contribution in [3.63, 3.8) is 0 Å². The highest BCUT2D eigenvalue weighted by atomic mass is 127. The van der Waals surface area contributed by atoms with Crippen molar-refractivity contribution in [3.05, 3.63) is 43.8 Å². The largest absolute Gasteiger partial charge is 0.399 e. The number of hydrogen-bond acceptors (Lipinski definition) is 1. The third-order valence-electron chi connectivity index (χ3n) is 1.90. The Morgan fingerprint density at radius 3 is 2.00 bits per heavy atom. The van der Waals surface area contributed by atoms with Crippen LogP contribution in [0.15, 0.2) is 36.7 Å². The molecule has 0 spiro atoms. The predicted molar refractivity (Wildman–Crippen MR) is 75.6 cm³/mol. The predicted octanol–water partition coefficient (Wildman–Crippen LogP) is 3.27. The monoisotopic (exact) mass is 410 g/mol. The lowest BCUT2D eigenvalue weighted by atomic mass is 10.3. The number of nitrogens with zero attached hydrogens (tertiary/aromatic N) is 1. The summed E-state index contributed by atoms with van der Waals surface area (Å²) < 4.78 is 4.44. The van der Waals surface area contributed by atoms with E-state index in [1.165, 1.54) is 12.8 Å². The Balaban J connectivity index is 2.64. The Labute approximate surface area is 110 Å². The van der Waals surface area contributed by atoms with Crippen LogP contribution in [0.2, 0.25) is 0 Å². The summed E-state index contributed by atoms with van der Waals surface area (Å²) in [6.07, 6.45) is 4.08. The number of hydrogen-bond donors (Lipinski definition) is 1. The standard InChI is InChI=1S/C10H8I2N2/c11-8-5-7(13)6-9(12)10(8)14-3-1-2-4-14/h1-6H,13H2. The normalized spacial score (nSPS) is 10.4. The van der Waals surface area contributed by atoms with E-state index >= 15 is 0 Å². The number of rotatable bonds is 1. The van der Waals surface area contributed by atoms with Crippen LogP contribution in [-0.2, 0) is 0 Å². The highest BCUT2D eigenvalue weighted by Gasteiger charge is 2.06. The average molecular weight is 410 g/mol. The molecular formula is C10H8I2N2. The molecule has 0 aliphatic rings. The number of anilines is 1. The van der Waals surface area contributed by atoms with E-state index in [0.29, 0.717) is 0 Å². The van der Waals surface area contributed by atoms with E-state index in [0.717, 1.165) is 5.69 Å². The number of nitrogens with two attached hydrogens (primary N) is 1. The quantitative estimate of drug-likeness (QED) is 0.568. The summed E-state index contributed by atoms with van der Waals surface area (Å²) in [4.78, 5) is 0. The van der Waals surface area contributed by atoms with Crippen LogP contribution in [0.1, 0.15) is 0 Å². The molecule has 14 heavy (non-hydrogen) atoms. The van der Waals surface area contributed by atoms with Crippen LogP contribution in [0.5, 0.6) is 0 Å². The Kier molecular flexibility index (Phi) is 3.01. The molecule has 0 aliphatic heterocycles. The summed E-state index contributed by atoms with van der Waals surface area (Å²) in [5, 5.41) is 0. The molecule has 2 N–H and O–H groups in total. The smallest absolute Gasteiger partial charge is 0.0719 e. The fraction of sp³-hybridized carbons (Fsp3) is 0. The van der Waals surface area contributed by atoms with E-state index in [-0.39, 0.29) is 0 Å². The summed E-state index contributed by atoms with van der Waals surface area (Å²) in [6, 6.07) is 8.00. The molecule has 0 amide bonds. The van der Waals surface area contributed by atoms with E-state index < -0.39 is 0 Å². The molecular weight excluding hydrogens is 402 g/mol. The second kappa shape index (κ2) is 4.09. The van der Waals surface area contributed by atoms with Crippen LogP contribution in [0.3, 0.4) is 0 Å². The molecule has 1 aromatic heterocycles. The van der Waals surface area contributed by atoms with Gasteiger partial charge in [0.2, 0.25) is 0 Å². The summed E-state index contributed by atoms with van der Waals surface area (Å²) in [5.41, 5.74) is 7.78. The van der Waals surface area contributed by atoms with Crippen LogP contribution in [0.25, 0.3) is 5.69 Å². The Hall–Kier alpha value is -0.240. The molecule has 72 valence electrons. The van der Waals surface area contributed by atoms with Gasteiger partial charge >= 0.3 is 0 Å². The molecule has 0 fully saturated rings. The maximum atomic E-state index is 5.76. The second-order valence-electron chi connectivity index (χ2n) is 2.92. The Morgan fingerprint density at radius 2 is 1.50 bits per heavy atom. The fourth-order valence-corrected chi connectivity index (χ4v) is 3.69. The average Bonchev–Trinajstić information content (AvgIpc) is 2.54. The van der Waals surface area contributed by atoms with Gasteiger partial charge in [-0.2, -0.15) is 0 Å². The van der Waals surface area contributed by atoms with Gasteiger partial charge in [0, 0.05) is 25.2 Å². The van der Waals surface area contributed by atoms with Crippen LogP contribution in [-0.4, -0.2) is 4.57 Å². The third kappa shape index (κ3) is 1.90. The van der Waals surface area contributed by atoms with Crippen LogP contribution in [0.4, 0.5) is 5.69 Å². The van der Waals surface area contributed by atoms with Crippen molar-refractivity contribution in [2.24, 2.45) is 0 Å². The highest BCUT2D eigenvalue weighted by molar-refractivity contribution is 14.1. The van der Waals surface area contributed by atoms with E-state index in [4.69, 9.17) is 5.73 Å². The van der Waals surface area contributed by atoms with Gasteiger partial charge in [0.1, 0.15) is 0 Å². The van der Waals surface area contributed by atoms with Gasteiger partial charge in [0.25, 0.3) is 0 Å². The molecule has 0 radical (unpaired) electrons. The number of aromatic nitrogens is 1. The Morgan fingerprint density at radius 1 is 1.00 bits per heavy atom. The van der Waals surface area contributed by atoms with Crippen LogP contribution < -0.4 is 5.73 Å². The van der Waals surface area contributed by atoms with Crippen molar-refractivity contribution in [3.8, 4) is 5.69 Å². The van der Waals surface area contributed by atoms with Gasteiger partial charge in [-0.3, -0.25) is 0 Å². The number of halogens is 2. The first kappa shape index (κ1) is 10.3. The zero-order chi connectivity index (χ0) is 10.1. The minimum atomic E-state index is 0.815. The molecule has 2 rings (SSSR count). The maximum absolute atomic E-state index is 5.76. The fourth-order valence-electron chi connectivity index (χ4n) is 1.32. The van der Waals surface area contributed by atoms with Gasteiger partial charge in [0.05, 0.1) is 5.69 Å². The van der Waals surface area contributed by atoms with E-state index in [2.05, 4.69) is 49.7 Å².